The molecule has 0 spiro atoms. The Bertz CT molecular complexity index is 241. The van der Waals surface area contributed by atoms with Crippen LogP contribution >= 0.6 is 0 Å². The highest BCUT2D eigenvalue weighted by Gasteiger charge is 2.42. The normalized spacial score (nSPS) is 28.7. The molecule has 0 radical (unpaired) electrons. The summed E-state index contributed by atoms with van der Waals surface area (Å²) in [6, 6.07) is 0.204. The Morgan fingerprint density at radius 2 is 1.73 bits per heavy atom. The second-order valence-corrected chi connectivity index (χ2v) is 4.26. The van der Waals surface area contributed by atoms with E-state index in [-0.39, 0.29) is 29.7 Å². The minimum absolute atomic E-state index is 0.0267. The fourth-order valence-corrected chi connectivity index (χ4v) is 1.85. The second kappa shape index (κ2) is 4.75. The molecule has 4 heteroatoms. The number of hydrogen-bond acceptors (Lipinski definition) is 3. The molecule has 15 heavy (non-hydrogen) atoms. The topological polar surface area (TPSA) is 49.4 Å². The Kier molecular flexibility index (Phi) is 3.85. The van der Waals surface area contributed by atoms with Gasteiger partial charge >= 0.3 is 0 Å². The van der Waals surface area contributed by atoms with Crippen LogP contribution in [0.4, 0.5) is 0 Å². The molecule has 1 heterocycles. The summed E-state index contributed by atoms with van der Waals surface area (Å²) in [4.78, 5) is 24.9. The number of nitrogens with zero attached hydrogens (tertiary/aromatic N) is 1. The third-order valence-electron chi connectivity index (χ3n) is 3.37. The quantitative estimate of drug-likeness (QED) is 0.695. The smallest absolute Gasteiger partial charge is 0.232 e. The highest BCUT2D eigenvalue weighted by molar-refractivity contribution is 6.04. The predicted molar refractivity (Wildman–Crippen MR) is 58.2 cm³/mol. The van der Waals surface area contributed by atoms with E-state index in [1.807, 2.05) is 27.8 Å². The van der Waals surface area contributed by atoms with Gasteiger partial charge < -0.3 is 5.32 Å². The van der Waals surface area contributed by atoms with E-state index in [0.717, 1.165) is 6.42 Å². The fraction of sp³-hybridized carbons (Fsp3) is 0.818. The lowest BCUT2D eigenvalue weighted by Gasteiger charge is -2.21. The predicted octanol–water partition coefficient (Wildman–Crippen LogP) is 0.625. The van der Waals surface area contributed by atoms with Crippen molar-refractivity contribution in [1.29, 1.82) is 0 Å². The summed E-state index contributed by atoms with van der Waals surface area (Å²) in [7, 11) is 1.85. The van der Waals surface area contributed by atoms with Crippen molar-refractivity contribution in [2.45, 2.75) is 33.2 Å². The zero-order chi connectivity index (χ0) is 11.6. The van der Waals surface area contributed by atoms with Gasteiger partial charge in [-0.3, -0.25) is 14.5 Å². The molecule has 0 aromatic heterocycles. The molecule has 2 amide bonds. The van der Waals surface area contributed by atoms with Gasteiger partial charge in [0.05, 0.1) is 0 Å². The van der Waals surface area contributed by atoms with Gasteiger partial charge in [-0.15, -0.1) is 0 Å². The van der Waals surface area contributed by atoms with Gasteiger partial charge in [-0.2, -0.15) is 0 Å². The first-order valence-electron chi connectivity index (χ1n) is 5.55. The summed E-state index contributed by atoms with van der Waals surface area (Å²) in [5.41, 5.74) is 0. The van der Waals surface area contributed by atoms with E-state index in [0.29, 0.717) is 6.54 Å². The molecule has 0 aromatic carbocycles. The summed E-state index contributed by atoms with van der Waals surface area (Å²) in [5, 5.41) is 3.10. The minimum atomic E-state index is -0.160. The van der Waals surface area contributed by atoms with Crippen molar-refractivity contribution in [2.24, 2.45) is 11.8 Å². The molecule has 1 saturated heterocycles. The number of likely N-dealkylation sites (N-methyl/N-ethyl adjacent to an activating group) is 1. The second-order valence-electron chi connectivity index (χ2n) is 4.26. The van der Waals surface area contributed by atoms with Crippen molar-refractivity contribution in [3.63, 3.8) is 0 Å². The number of nitrogens with one attached hydrogen (secondary N) is 1. The monoisotopic (exact) mass is 212 g/mol. The highest BCUT2D eigenvalue weighted by atomic mass is 16.2. The molecule has 0 aromatic rings. The van der Waals surface area contributed by atoms with Crippen molar-refractivity contribution in [3.8, 4) is 0 Å². The standard InChI is InChI=1S/C11H20N2O2/c1-5-9(12-4)6-13-10(14)7(2)8(3)11(13)15/h7-9,12H,5-6H2,1-4H3. The molecule has 3 atom stereocenters. The number of carbonyl (C=O) groups excluding carboxylic acids is 2. The van der Waals surface area contributed by atoms with Crippen LogP contribution in [0.25, 0.3) is 0 Å². The Morgan fingerprint density at radius 3 is 2.07 bits per heavy atom. The number of rotatable bonds is 4. The largest absolute Gasteiger partial charge is 0.315 e. The van der Waals surface area contributed by atoms with Gasteiger partial charge in [-0.05, 0) is 13.5 Å². The first kappa shape index (κ1) is 12.2. The molecule has 1 N–H and O–H groups in total. The fourth-order valence-electron chi connectivity index (χ4n) is 1.85. The van der Waals surface area contributed by atoms with E-state index in [9.17, 15) is 9.59 Å². The molecular weight excluding hydrogens is 192 g/mol. The zero-order valence-corrected chi connectivity index (χ0v) is 9.91. The van der Waals surface area contributed by atoms with Crippen LogP contribution in [0.1, 0.15) is 27.2 Å². The summed E-state index contributed by atoms with van der Waals surface area (Å²) in [6.07, 6.45) is 0.913. The number of amides is 2. The van der Waals surface area contributed by atoms with Crippen molar-refractivity contribution < 1.29 is 9.59 Å². The van der Waals surface area contributed by atoms with E-state index < -0.39 is 0 Å². The van der Waals surface area contributed by atoms with E-state index in [2.05, 4.69) is 5.32 Å². The molecule has 0 aliphatic carbocycles. The van der Waals surface area contributed by atoms with Crippen molar-refractivity contribution in [3.05, 3.63) is 0 Å². The summed E-state index contributed by atoms with van der Waals surface area (Å²) in [6.45, 7) is 6.19. The van der Waals surface area contributed by atoms with Gasteiger partial charge in [0, 0.05) is 24.4 Å². The van der Waals surface area contributed by atoms with E-state index in [4.69, 9.17) is 0 Å². The van der Waals surface area contributed by atoms with Crippen molar-refractivity contribution in [2.75, 3.05) is 13.6 Å². The van der Waals surface area contributed by atoms with Crippen LogP contribution in [-0.2, 0) is 9.59 Å². The molecule has 0 bridgehead atoms. The van der Waals surface area contributed by atoms with Gasteiger partial charge in [-0.25, -0.2) is 0 Å². The average Bonchev–Trinajstić information content (AvgIpc) is 2.42. The van der Waals surface area contributed by atoms with Crippen LogP contribution in [0.3, 0.4) is 0 Å². The average molecular weight is 212 g/mol. The van der Waals surface area contributed by atoms with Gasteiger partial charge in [0.25, 0.3) is 0 Å². The van der Waals surface area contributed by atoms with Crippen LogP contribution in [0, 0.1) is 11.8 Å². The summed E-state index contributed by atoms with van der Waals surface area (Å²) in [5.74, 6) is -0.374. The lowest BCUT2D eigenvalue weighted by Crippen LogP contribution is -2.42. The SMILES string of the molecule is CCC(CN1C(=O)C(C)C(C)C1=O)NC. The van der Waals surface area contributed by atoms with Crippen LogP contribution in [0.5, 0.6) is 0 Å². The third-order valence-corrected chi connectivity index (χ3v) is 3.37. The highest BCUT2D eigenvalue weighted by Crippen LogP contribution is 2.25. The number of carbonyl (C=O) groups is 2. The van der Waals surface area contributed by atoms with Gasteiger partial charge in [0.1, 0.15) is 0 Å². The van der Waals surface area contributed by atoms with Gasteiger partial charge in [-0.1, -0.05) is 20.8 Å². The van der Waals surface area contributed by atoms with Crippen molar-refractivity contribution >= 4 is 11.8 Å². The van der Waals surface area contributed by atoms with Crippen LogP contribution in [0.2, 0.25) is 0 Å². The molecule has 3 unspecified atom stereocenters. The number of likely N-dealkylation sites (tertiary alicyclic amines) is 1. The molecule has 1 aliphatic heterocycles. The molecule has 4 nitrogen and oxygen atoms in total. The zero-order valence-electron chi connectivity index (χ0n) is 9.91. The number of hydrogen-bond donors (Lipinski definition) is 1. The maximum atomic E-state index is 11.8. The Morgan fingerprint density at radius 1 is 1.27 bits per heavy atom. The summed E-state index contributed by atoms with van der Waals surface area (Å²) >= 11 is 0. The van der Waals surface area contributed by atoms with Crippen LogP contribution < -0.4 is 5.32 Å². The first-order chi connectivity index (χ1) is 7.02. The lowest BCUT2D eigenvalue weighted by molar-refractivity contribution is -0.140. The molecule has 1 rings (SSSR count). The summed E-state index contributed by atoms with van der Waals surface area (Å²) < 4.78 is 0. The van der Waals surface area contributed by atoms with Gasteiger partial charge in [0.2, 0.25) is 11.8 Å². The first-order valence-corrected chi connectivity index (χ1v) is 5.55. The molecule has 86 valence electrons. The maximum absolute atomic E-state index is 11.8. The third kappa shape index (κ3) is 2.20. The minimum Gasteiger partial charge on any atom is -0.315 e. The lowest BCUT2D eigenvalue weighted by atomic mass is 10.00. The Balaban J connectivity index is 2.70. The molecular formula is C11H20N2O2. The van der Waals surface area contributed by atoms with E-state index in [1.165, 1.54) is 4.90 Å². The molecule has 1 fully saturated rings. The number of imide groups is 1. The Hall–Kier alpha value is -0.900. The Labute approximate surface area is 91.0 Å². The van der Waals surface area contributed by atoms with Gasteiger partial charge in [0.15, 0.2) is 0 Å². The van der Waals surface area contributed by atoms with E-state index in [1.54, 1.807) is 0 Å². The van der Waals surface area contributed by atoms with E-state index >= 15 is 0 Å². The molecule has 1 aliphatic rings. The van der Waals surface area contributed by atoms with Crippen molar-refractivity contribution in [1.82, 2.24) is 10.2 Å². The van der Waals surface area contributed by atoms with Crippen LogP contribution in [-0.4, -0.2) is 36.3 Å². The maximum Gasteiger partial charge on any atom is 0.232 e. The van der Waals surface area contributed by atoms with Crippen LogP contribution in [0.15, 0.2) is 0 Å². The molecule has 0 saturated carbocycles.